The lowest BCUT2D eigenvalue weighted by molar-refractivity contribution is -0.149. The average molecular weight is 404 g/mol. The molecule has 0 bridgehead atoms. The summed E-state index contributed by atoms with van der Waals surface area (Å²) in [5.74, 6) is -0.724. The number of amides is 1. The molecule has 1 N–H and O–H groups in total. The first-order valence-electron chi connectivity index (χ1n) is 9.18. The Labute approximate surface area is 173 Å². The highest BCUT2D eigenvalue weighted by Crippen LogP contribution is 2.22. The number of nitrogens with zero attached hydrogens (tertiary/aromatic N) is 3. The van der Waals surface area contributed by atoms with E-state index in [0.29, 0.717) is 22.7 Å². The van der Waals surface area contributed by atoms with Crippen LogP contribution in [0.15, 0.2) is 54.6 Å². The van der Waals surface area contributed by atoms with E-state index in [1.807, 2.05) is 43.3 Å². The summed E-state index contributed by atoms with van der Waals surface area (Å²) >= 11 is 0. The number of ether oxygens (including phenoxy) is 2. The highest BCUT2D eigenvalue weighted by Gasteiger charge is 2.16. The minimum Gasteiger partial charge on any atom is -0.482 e. The minimum absolute atomic E-state index is 0.344. The molecule has 1 heterocycles. The molecule has 0 atom stereocenters. The molecule has 0 saturated carbocycles. The van der Waals surface area contributed by atoms with Crippen molar-refractivity contribution < 1.29 is 19.1 Å². The highest BCUT2D eigenvalue weighted by molar-refractivity contribution is 5.94. The average Bonchev–Trinajstić information content (AvgIpc) is 3.05. The first-order chi connectivity index (χ1) is 14.5. The van der Waals surface area contributed by atoms with Crippen molar-refractivity contribution in [1.29, 1.82) is 5.26 Å². The van der Waals surface area contributed by atoms with Crippen molar-refractivity contribution in [3.05, 3.63) is 71.5 Å². The van der Waals surface area contributed by atoms with Crippen LogP contribution >= 0.6 is 0 Å². The number of carbonyl (C=O) groups is 2. The second kappa shape index (κ2) is 9.39. The lowest BCUT2D eigenvalue weighted by Crippen LogP contribution is -2.24. The van der Waals surface area contributed by atoms with Crippen LogP contribution in [0, 0.1) is 25.2 Å². The van der Waals surface area contributed by atoms with Crippen molar-refractivity contribution in [3.63, 3.8) is 0 Å². The quantitative estimate of drug-likeness (QED) is 0.607. The van der Waals surface area contributed by atoms with Crippen LogP contribution in [-0.2, 0) is 14.3 Å². The van der Waals surface area contributed by atoms with Crippen molar-refractivity contribution in [3.8, 4) is 17.5 Å². The zero-order valence-electron chi connectivity index (χ0n) is 16.6. The Morgan fingerprint density at radius 2 is 1.77 bits per heavy atom. The van der Waals surface area contributed by atoms with E-state index < -0.39 is 18.5 Å². The maximum absolute atomic E-state index is 12.2. The van der Waals surface area contributed by atoms with Crippen LogP contribution in [0.25, 0.3) is 5.69 Å². The molecule has 0 radical (unpaired) electrons. The van der Waals surface area contributed by atoms with E-state index in [1.165, 1.54) is 0 Å². The summed E-state index contributed by atoms with van der Waals surface area (Å²) in [7, 11) is 0. The molecule has 2 aromatic carbocycles. The van der Waals surface area contributed by atoms with E-state index in [1.54, 1.807) is 35.9 Å². The van der Waals surface area contributed by atoms with Gasteiger partial charge in [-0.05, 0) is 50.2 Å². The number of carbonyl (C=O) groups excluding carboxylic acids is 2. The third kappa shape index (κ3) is 5.02. The summed E-state index contributed by atoms with van der Waals surface area (Å²) in [6.07, 6.45) is 0. The summed E-state index contributed by atoms with van der Waals surface area (Å²) in [4.78, 5) is 24.0. The van der Waals surface area contributed by atoms with Gasteiger partial charge in [0.25, 0.3) is 5.91 Å². The molecule has 0 aliphatic heterocycles. The summed E-state index contributed by atoms with van der Waals surface area (Å²) in [5.41, 5.74) is 3.36. The lowest BCUT2D eigenvalue weighted by Gasteiger charge is -2.09. The van der Waals surface area contributed by atoms with Gasteiger partial charge in [-0.2, -0.15) is 10.4 Å². The molecule has 1 amide bonds. The van der Waals surface area contributed by atoms with E-state index in [-0.39, 0.29) is 6.61 Å². The van der Waals surface area contributed by atoms with E-state index in [0.717, 1.165) is 11.4 Å². The van der Waals surface area contributed by atoms with Crippen molar-refractivity contribution in [1.82, 2.24) is 9.78 Å². The number of nitriles is 1. The van der Waals surface area contributed by atoms with Crippen LogP contribution in [0.5, 0.6) is 5.75 Å². The maximum atomic E-state index is 12.2. The van der Waals surface area contributed by atoms with Crippen molar-refractivity contribution in [2.24, 2.45) is 0 Å². The van der Waals surface area contributed by atoms with Gasteiger partial charge >= 0.3 is 5.97 Å². The molecule has 152 valence electrons. The number of hydrogen-bond acceptors (Lipinski definition) is 6. The Balaban J connectivity index is 1.51. The second-order valence-corrected chi connectivity index (χ2v) is 6.43. The first kappa shape index (κ1) is 20.6. The number of aromatic nitrogens is 2. The summed E-state index contributed by atoms with van der Waals surface area (Å²) in [6.45, 7) is 2.85. The van der Waals surface area contributed by atoms with Gasteiger partial charge in [0.15, 0.2) is 13.2 Å². The van der Waals surface area contributed by atoms with E-state index in [9.17, 15) is 9.59 Å². The topological polar surface area (TPSA) is 106 Å². The summed E-state index contributed by atoms with van der Waals surface area (Å²) < 4.78 is 12.0. The Kier molecular flexibility index (Phi) is 6.45. The molecule has 0 unspecified atom stereocenters. The third-order valence-corrected chi connectivity index (χ3v) is 4.26. The third-order valence-electron chi connectivity index (χ3n) is 4.26. The SMILES string of the molecule is Cc1nn(-c2ccccc2)c(C)c1NC(=O)COC(=O)COc1ccc(C#N)cc1. The van der Waals surface area contributed by atoms with Crippen LogP contribution < -0.4 is 10.1 Å². The molecule has 8 heteroatoms. The number of hydrogen-bond donors (Lipinski definition) is 1. The molecule has 0 saturated heterocycles. The van der Waals surface area contributed by atoms with Gasteiger partial charge < -0.3 is 14.8 Å². The molecular formula is C22H20N4O4. The van der Waals surface area contributed by atoms with Gasteiger partial charge in [0, 0.05) is 0 Å². The smallest absolute Gasteiger partial charge is 0.344 e. The lowest BCUT2D eigenvalue weighted by atomic mass is 10.2. The second-order valence-electron chi connectivity index (χ2n) is 6.43. The minimum atomic E-state index is -0.678. The Bertz CT molecular complexity index is 1080. The highest BCUT2D eigenvalue weighted by atomic mass is 16.6. The fourth-order valence-corrected chi connectivity index (χ4v) is 2.78. The molecule has 3 aromatic rings. The van der Waals surface area contributed by atoms with Crippen LogP contribution in [-0.4, -0.2) is 34.9 Å². The fourth-order valence-electron chi connectivity index (χ4n) is 2.78. The first-order valence-corrected chi connectivity index (χ1v) is 9.18. The number of aryl methyl sites for hydroxylation is 1. The van der Waals surface area contributed by atoms with Gasteiger partial charge in [-0.3, -0.25) is 4.79 Å². The number of esters is 1. The number of para-hydroxylation sites is 1. The van der Waals surface area contributed by atoms with Crippen molar-refractivity contribution in [2.75, 3.05) is 18.5 Å². The number of benzene rings is 2. The van der Waals surface area contributed by atoms with Crippen LogP contribution in [0.4, 0.5) is 5.69 Å². The van der Waals surface area contributed by atoms with Crippen LogP contribution in [0.2, 0.25) is 0 Å². The zero-order chi connectivity index (χ0) is 21.5. The Morgan fingerprint density at radius 1 is 1.07 bits per heavy atom. The summed E-state index contributed by atoms with van der Waals surface area (Å²) in [6, 6.07) is 17.9. The number of rotatable bonds is 7. The molecule has 0 spiro atoms. The van der Waals surface area contributed by atoms with Gasteiger partial charge in [-0.1, -0.05) is 18.2 Å². The maximum Gasteiger partial charge on any atom is 0.344 e. The Morgan fingerprint density at radius 3 is 2.43 bits per heavy atom. The zero-order valence-corrected chi connectivity index (χ0v) is 16.6. The van der Waals surface area contributed by atoms with E-state index in [4.69, 9.17) is 14.7 Å². The standard InChI is InChI=1S/C22H20N4O4/c1-15-22(16(2)26(25-15)18-6-4-3-5-7-18)24-20(27)13-30-21(28)14-29-19-10-8-17(12-23)9-11-19/h3-11H,13-14H2,1-2H3,(H,24,27). The van der Waals surface area contributed by atoms with Crippen LogP contribution in [0.3, 0.4) is 0 Å². The van der Waals surface area contributed by atoms with Crippen LogP contribution in [0.1, 0.15) is 17.0 Å². The van der Waals surface area contributed by atoms with E-state index >= 15 is 0 Å². The molecule has 0 fully saturated rings. The molecule has 1 aromatic heterocycles. The molecule has 8 nitrogen and oxygen atoms in total. The normalized spacial score (nSPS) is 10.2. The van der Waals surface area contributed by atoms with Gasteiger partial charge in [-0.25, -0.2) is 9.48 Å². The number of anilines is 1. The monoisotopic (exact) mass is 404 g/mol. The molecule has 0 aliphatic rings. The van der Waals surface area contributed by atoms with Gasteiger partial charge in [0.05, 0.1) is 34.4 Å². The Hall–Kier alpha value is -4.12. The van der Waals surface area contributed by atoms with Gasteiger partial charge in [-0.15, -0.1) is 0 Å². The molecular weight excluding hydrogens is 384 g/mol. The van der Waals surface area contributed by atoms with Crippen molar-refractivity contribution in [2.45, 2.75) is 13.8 Å². The molecule has 30 heavy (non-hydrogen) atoms. The van der Waals surface area contributed by atoms with Gasteiger partial charge in [0.2, 0.25) is 0 Å². The van der Waals surface area contributed by atoms with E-state index in [2.05, 4.69) is 10.4 Å². The van der Waals surface area contributed by atoms with Gasteiger partial charge in [0.1, 0.15) is 5.75 Å². The fraction of sp³-hybridized carbons (Fsp3) is 0.182. The predicted molar refractivity (Wildman–Crippen MR) is 109 cm³/mol. The molecule has 0 aliphatic carbocycles. The largest absolute Gasteiger partial charge is 0.482 e. The molecule has 3 rings (SSSR count). The summed E-state index contributed by atoms with van der Waals surface area (Å²) in [5, 5.41) is 16.0. The predicted octanol–water partition coefficient (Wildman–Crippen LogP) is 2.92. The van der Waals surface area contributed by atoms with Crippen molar-refractivity contribution >= 4 is 17.6 Å². The number of nitrogens with one attached hydrogen (secondary N) is 1.